The number of benzene rings is 1. The maximum Gasteiger partial charge on any atom is 0.446 e. The predicted molar refractivity (Wildman–Crippen MR) is 86.4 cm³/mol. The van der Waals surface area contributed by atoms with Gasteiger partial charge in [0, 0.05) is 35.7 Å². The van der Waals surface area contributed by atoms with Crippen LogP contribution in [-0.4, -0.2) is 30.2 Å². The third-order valence-electron chi connectivity index (χ3n) is 4.97. The number of nitrogens with zero attached hydrogens (tertiary/aromatic N) is 2. The summed E-state index contributed by atoms with van der Waals surface area (Å²) in [4.78, 5) is 6.76. The molecule has 0 fully saturated rings. The summed E-state index contributed by atoms with van der Waals surface area (Å²) in [5.41, 5.74) is 0.963. The Hall–Kier alpha value is -1.69. The Morgan fingerprint density at radius 1 is 1.30 bits per heavy atom. The summed E-state index contributed by atoms with van der Waals surface area (Å²) in [7, 11) is 2.02. The number of hydrogen-bond acceptors (Lipinski definition) is 3. The molecule has 3 heterocycles. The largest absolute Gasteiger partial charge is 0.446 e. The molecule has 2 nitrogen and oxygen atoms in total. The van der Waals surface area contributed by atoms with Gasteiger partial charge in [0.2, 0.25) is 0 Å². The number of dihydropyridines is 1. The molecule has 0 aromatic heterocycles. The quantitative estimate of drug-likeness (QED) is 0.697. The number of allylic oxidation sites excluding steroid dienone is 1. The third-order valence-corrected chi connectivity index (χ3v) is 5.70. The molecule has 120 valence electrons. The fourth-order valence-electron chi connectivity index (χ4n) is 3.83. The van der Waals surface area contributed by atoms with Crippen molar-refractivity contribution < 1.29 is 13.2 Å². The number of aliphatic imine (C=N–C) groups is 1. The molecule has 1 aromatic carbocycles. The second kappa shape index (κ2) is 4.66. The van der Waals surface area contributed by atoms with Gasteiger partial charge in [-0.15, -0.1) is 0 Å². The average Bonchev–Trinajstić information content (AvgIpc) is 2.60. The molecule has 2 bridgehead atoms. The van der Waals surface area contributed by atoms with Crippen molar-refractivity contribution in [2.45, 2.75) is 29.3 Å². The summed E-state index contributed by atoms with van der Waals surface area (Å²) in [5, 5.41) is 0. The van der Waals surface area contributed by atoms with E-state index < -0.39 is 5.51 Å². The van der Waals surface area contributed by atoms with Gasteiger partial charge in [0.15, 0.2) is 0 Å². The van der Waals surface area contributed by atoms with Crippen LogP contribution in [0.1, 0.15) is 24.5 Å². The third kappa shape index (κ3) is 2.15. The van der Waals surface area contributed by atoms with E-state index in [-0.39, 0.29) is 22.2 Å². The summed E-state index contributed by atoms with van der Waals surface area (Å²) in [6, 6.07) is 5.11. The normalized spacial score (nSPS) is 25.4. The van der Waals surface area contributed by atoms with Gasteiger partial charge in [-0.25, -0.2) is 0 Å². The van der Waals surface area contributed by atoms with E-state index in [2.05, 4.69) is 16.8 Å². The van der Waals surface area contributed by atoms with E-state index in [9.17, 15) is 13.2 Å². The monoisotopic (exact) mass is 336 g/mol. The lowest BCUT2D eigenvalue weighted by Gasteiger charge is -2.41. The summed E-state index contributed by atoms with van der Waals surface area (Å²) in [5.74, 6) is 0. The Labute approximate surface area is 136 Å². The molecule has 0 radical (unpaired) electrons. The van der Waals surface area contributed by atoms with E-state index in [0.29, 0.717) is 6.54 Å². The van der Waals surface area contributed by atoms with Crippen molar-refractivity contribution in [3.63, 3.8) is 0 Å². The Morgan fingerprint density at radius 3 is 2.83 bits per heavy atom. The van der Waals surface area contributed by atoms with Gasteiger partial charge in [0.05, 0.1) is 17.8 Å². The van der Waals surface area contributed by atoms with Crippen molar-refractivity contribution in [1.29, 1.82) is 0 Å². The van der Waals surface area contributed by atoms with Crippen LogP contribution in [0.4, 0.5) is 13.2 Å². The smallest absolute Gasteiger partial charge is 0.364 e. The topological polar surface area (TPSA) is 15.6 Å². The zero-order chi connectivity index (χ0) is 16.4. The summed E-state index contributed by atoms with van der Waals surface area (Å²) >= 11 is -0.0549. The van der Waals surface area contributed by atoms with E-state index in [4.69, 9.17) is 0 Å². The second-order valence-electron chi connectivity index (χ2n) is 6.27. The molecular weight excluding hydrogens is 321 g/mol. The fraction of sp³-hybridized carbons (Fsp3) is 0.353. The van der Waals surface area contributed by atoms with Crippen LogP contribution in [0, 0.1) is 0 Å². The first kappa shape index (κ1) is 14.9. The first-order valence-corrected chi connectivity index (χ1v) is 8.18. The highest BCUT2D eigenvalue weighted by Gasteiger charge is 2.47. The van der Waals surface area contributed by atoms with Gasteiger partial charge in [0.1, 0.15) is 0 Å². The number of thioether (sulfide) groups is 1. The van der Waals surface area contributed by atoms with Gasteiger partial charge in [-0.2, -0.15) is 13.2 Å². The van der Waals surface area contributed by atoms with Crippen LogP contribution >= 0.6 is 11.8 Å². The zero-order valence-corrected chi connectivity index (χ0v) is 13.6. The molecule has 0 saturated carbocycles. The lowest BCUT2D eigenvalue weighted by molar-refractivity contribution is -0.0328. The summed E-state index contributed by atoms with van der Waals surface area (Å²) < 4.78 is 38.1. The molecule has 0 saturated heterocycles. The van der Waals surface area contributed by atoms with Crippen LogP contribution < -0.4 is 0 Å². The van der Waals surface area contributed by atoms with E-state index in [1.165, 1.54) is 5.57 Å². The highest BCUT2D eigenvalue weighted by molar-refractivity contribution is 8.00. The maximum absolute atomic E-state index is 12.7. The summed E-state index contributed by atoms with van der Waals surface area (Å²) in [6.07, 6.45) is 4.71. The molecule has 23 heavy (non-hydrogen) atoms. The predicted octanol–water partition coefficient (Wildman–Crippen LogP) is 4.58. The van der Waals surface area contributed by atoms with Crippen LogP contribution in [0.3, 0.4) is 0 Å². The van der Waals surface area contributed by atoms with Crippen LogP contribution in [0.25, 0.3) is 5.70 Å². The second-order valence-corrected chi connectivity index (χ2v) is 7.41. The lowest BCUT2D eigenvalue weighted by Crippen LogP contribution is -2.39. The van der Waals surface area contributed by atoms with Gasteiger partial charge < -0.3 is 4.90 Å². The highest BCUT2D eigenvalue weighted by Crippen LogP contribution is 2.55. The van der Waals surface area contributed by atoms with Crippen molar-refractivity contribution >= 4 is 23.7 Å². The molecule has 3 aliphatic rings. The minimum atomic E-state index is -4.27. The van der Waals surface area contributed by atoms with Crippen LogP contribution in [-0.2, 0) is 5.54 Å². The maximum atomic E-state index is 12.7. The van der Waals surface area contributed by atoms with Gasteiger partial charge in [-0.3, -0.25) is 4.99 Å². The standard InChI is InChI=1S/C17H15F3N2S/c1-16-8-10-5-6-21-9-13(10)15(22(16)2)12-7-11(3-4-14(12)16)23-17(18,19)20/h3-7H,8-9H2,1-2H3. The fourth-order valence-corrected chi connectivity index (χ4v) is 4.41. The lowest BCUT2D eigenvalue weighted by atomic mass is 9.82. The summed E-state index contributed by atoms with van der Waals surface area (Å²) in [6.45, 7) is 2.75. The molecule has 0 N–H and O–H groups in total. The van der Waals surface area contributed by atoms with Crippen molar-refractivity contribution in [3.05, 3.63) is 46.5 Å². The highest BCUT2D eigenvalue weighted by atomic mass is 32.2. The van der Waals surface area contributed by atoms with Crippen LogP contribution in [0.5, 0.6) is 0 Å². The first-order valence-electron chi connectivity index (χ1n) is 7.36. The van der Waals surface area contributed by atoms with E-state index in [1.54, 1.807) is 12.1 Å². The number of rotatable bonds is 1. The average molecular weight is 336 g/mol. The van der Waals surface area contributed by atoms with Crippen LogP contribution in [0.2, 0.25) is 0 Å². The van der Waals surface area contributed by atoms with E-state index >= 15 is 0 Å². The van der Waals surface area contributed by atoms with Crippen molar-refractivity contribution in [3.8, 4) is 0 Å². The van der Waals surface area contributed by atoms with Crippen molar-refractivity contribution in [1.82, 2.24) is 4.90 Å². The number of alkyl halides is 3. The Morgan fingerprint density at radius 2 is 2.09 bits per heavy atom. The van der Waals surface area contributed by atoms with Crippen LogP contribution in [0.15, 0.2) is 45.3 Å². The minimum absolute atomic E-state index is 0.0549. The molecular formula is C17H15F3N2S. The Kier molecular flexibility index (Phi) is 3.01. The van der Waals surface area contributed by atoms with Gasteiger partial charge in [0.25, 0.3) is 0 Å². The van der Waals surface area contributed by atoms with Crippen molar-refractivity contribution in [2.75, 3.05) is 13.6 Å². The molecule has 0 aliphatic carbocycles. The zero-order valence-electron chi connectivity index (χ0n) is 12.7. The van der Waals surface area contributed by atoms with Crippen molar-refractivity contribution in [2.24, 2.45) is 4.99 Å². The van der Waals surface area contributed by atoms with Gasteiger partial charge in [-0.05, 0) is 48.0 Å². The van der Waals surface area contributed by atoms with Gasteiger partial charge in [-0.1, -0.05) is 6.07 Å². The first-order chi connectivity index (χ1) is 10.8. The molecule has 0 amide bonds. The SMILES string of the molecule is CN1C2=C3CN=CC=C3CC1(C)c1ccc(SC(F)(F)F)cc12. The minimum Gasteiger partial charge on any atom is -0.364 e. The van der Waals surface area contributed by atoms with Gasteiger partial charge >= 0.3 is 5.51 Å². The Bertz CT molecular complexity index is 792. The molecule has 1 aromatic rings. The molecule has 4 rings (SSSR count). The van der Waals surface area contributed by atoms with E-state index in [1.807, 2.05) is 25.4 Å². The van der Waals surface area contributed by atoms with E-state index in [0.717, 1.165) is 28.8 Å². The molecule has 3 aliphatic heterocycles. The molecule has 0 spiro atoms. The number of halogens is 3. The molecule has 6 heteroatoms. The number of fused-ring (bicyclic) bond motifs is 6. The molecule has 1 unspecified atom stereocenters. The Balaban J connectivity index is 1.90. The molecule has 1 atom stereocenters. The number of hydrogen-bond donors (Lipinski definition) is 0.